The van der Waals surface area contributed by atoms with Gasteiger partial charge in [0, 0.05) is 25.3 Å². The standard InChI is InChI=1S/C20H32N4O3S/c1-22(2)11-4-6-17-9-13-23(14-10-17)20(25)21-18-7-3-8-19(16-18)24-12-5-15-28(24,26)27/h3,7-8,16-17H,4-6,9-15H2,1-2H3,(H,21,25). The molecule has 0 bridgehead atoms. The minimum Gasteiger partial charge on any atom is -0.325 e. The molecule has 1 N–H and O–H groups in total. The number of nitrogens with zero attached hydrogens (tertiary/aromatic N) is 3. The van der Waals surface area contributed by atoms with Crippen LogP contribution in [0.3, 0.4) is 0 Å². The second-order valence-electron chi connectivity index (χ2n) is 8.10. The third-order valence-corrected chi connectivity index (χ3v) is 7.47. The van der Waals surface area contributed by atoms with E-state index >= 15 is 0 Å². The van der Waals surface area contributed by atoms with Crippen LogP contribution in [0.25, 0.3) is 0 Å². The van der Waals surface area contributed by atoms with Crippen LogP contribution in [0.15, 0.2) is 24.3 Å². The number of rotatable bonds is 6. The maximum atomic E-state index is 12.6. The molecule has 2 amide bonds. The molecule has 2 saturated heterocycles. The number of benzene rings is 1. The first-order valence-corrected chi connectivity index (χ1v) is 11.8. The Morgan fingerprint density at radius 2 is 1.96 bits per heavy atom. The van der Waals surface area contributed by atoms with Gasteiger partial charge in [0.1, 0.15) is 0 Å². The second-order valence-corrected chi connectivity index (χ2v) is 10.1. The quantitative estimate of drug-likeness (QED) is 0.786. The average Bonchev–Trinajstić information content (AvgIpc) is 3.01. The summed E-state index contributed by atoms with van der Waals surface area (Å²) >= 11 is 0. The highest BCUT2D eigenvalue weighted by Crippen LogP contribution is 2.27. The van der Waals surface area contributed by atoms with E-state index in [2.05, 4.69) is 24.3 Å². The van der Waals surface area contributed by atoms with Crippen LogP contribution in [0.4, 0.5) is 16.2 Å². The first kappa shape index (κ1) is 20.9. The third-order valence-electron chi connectivity index (χ3n) is 5.60. The largest absolute Gasteiger partial charge is 0.325 e. The Morgan fingerprint density at radius 1 is 1.21 bits per heavy atom. The van der Waals surface area contributed by atoms with Crippen molar-refractivity contribution in [3.63, 3.8) is 0 Å². The first-order chi connectivity index (χ1) is 13.3. The number of carbonyl (C=O) groups excluding carboxylic acids is 1. The molecule has 28 heavy (non-hydrogen) atoms. The van der Waals surface area contributed by atoms with E-state index in [1.165, 1.54) is 17.1 Å². The highest BCUT2D eigenvalue weighted by atomic mass is 32.2. The third kappa shape index (κ3) is 5.38. The van der Waals surface area contributed by atoms with Crippen LogP contribution in [0.2, 0.25) is 0 Å². The molecule has 1 aromatic rings. The normalized spacial score (nSPS) is 20.0. The molecule has 2 aliphatic heterocycles. The van der Waals surface area contributed by atoms with E-state index in [4.69, 9.17) is 0 Å². The molecule has 3 rings (SSSR count). The van der Waals surface area contributed by atoms with Gasteiger partial charge in [-0.3, -0.25) is 4.31 Å². The van der Waals surface area contributed by atoms with Crippen molar-refractivity contribution in [3.05, 3.63) is 24.3 Å². The number of piperidine rings is 1. The number of amides is 2. The molecule has 2 aliphatic rings. The van der Waals surface area contributed by atoms with Crippen molar-refractivity contribution in [1.29, 1.82) is 0 Å². The predicted molar refractivity (Wildman–Crippen MR) is 113 cm³/mol. The molecule has 0 radical (unpaired) electrons. The zero-order valence-electron chi connectivity index (χ0n) is 16.9. The first-order valence-electron chi connectivity index (χ1n) is 10.2. The lowest BCUT2D eigenvalue weighted by molar-refractivity contribution is 0.178. The van der Waals surface area contributed by atoms with Gasteiger partial charge in [-0.25, -0.2) is 13.2 Å². The maximum absolute atomic E-state index is 12.6. The summed E-state index contributed by atoms with van der Waals surface area (Å²) in [5.41, 5.74) is 1.26. The van der Waals surface area contributed by atoms with Gasteiger partial charge in [0.15, 0.2) is 0 Å². The van der Waals surface area contributed by atoms with Crippen LogP contribution in [0.5, 0.6) is 0 Å². The Labute approximate surface area is 168 Å². The van der Waals surface area contributed by atoms with Crippen molar-refractivity contribution < 1.29 is 13.2 Å². The predicted octanol–water partition coefficient (Wildman–Crippen LogP) is 2.81. The Balaban J connectivity index is 1.51. The van der Waals surface area contributed by atoms with E-state index in [1.807, 2.05) is 4.90 Å². The highest BCUT2D eigenvalue weighted by Gasteiger charge is 2.28. The topological polar surface area (TPSA) is 73.0 Å². The summed E-state index contributed by atoms with van der Waals surface area (Å²) in [5, 5.41) is 2.93. The molecule has 156 valence electrons. The van der Waals surface area contributed by atoms with E-state index in [-0.39, 0.29) is 11.8 Å². The Morgan fingerprint density at radius 3 is 2.61 bits per heavy atom. The summed E-state index contributed by atoms with van der Waals surface area (Å²) in [4.78, 5) is 16.7. The lowest BCUT2D eigenvalue weighted by Crippen LogP contribution is -2.41. The summed E-state index contributed by atoms with van der Waals surface area (Å²) in [7, 11) is 0.979. The minimum atomic E-state index is -3.22. The van der Waals surface area contributed by atoms with Crippen molar-refractivity contribution in [2.24, 2.45) is 5.92 Å². The summed E-state index contributed by atoms with van der Waals surface area (Å²) in [6, 6.07) is 7.01. The molecule has 0 unspecified atom stereocenters. The van der Waals surface area contributed by atoms with Crippen molar-refractivity contribution in [2.75, 3.05) is 55.6 Å². The van der Waals surface area contributed by atoms with Gasteiger partial charge < -0.3 is 15.1 Å². The Hall–Kier alpha value is -1.80. The van der Waals surface area contributed by atoms with Crippen molar-refractivity contribution in [3.8, 4) is 0 Å². The van der Waals surface area contributed by atoms with Gasteiger partial charge in [0.25, 0.3) is 0 Å². The lowest BCUT2D eigenvalue weighted by Gasteiger charge is -2.32. The minimum absolute atomic E-state index is 0.104. The average molecular weight is 409 g/mol. The van der Waals surface area contributed by atoms with Gasteiger partial charge in [-0.15, -0.1) is 0 Å². The van der Waals surface area contributed by atoms with Crippen LogP contribution < -0.4 is 9.62 Å². The van der Waals surface area contributed by atoms with Crippen LogP contribution >= 0.6 is 0 Å². The number of sulfonamides is 1. The summed E-state index contributed by atoms with van der Waals surface area (Å²) in [6.45, 7) is 3.17. The zero-order valence-corrected chi connectivity index (χ0v) is 17.7. The van der Waals surface area contributed by atoms with Crippen molar-refractivity contribution in [1.82, 2.24) is 9.80 Å². The van der Waals surface area contributed by atoms with Crippen LogP contribution in [-0.2, 0) is 10.0 Å². The molecule has 0 saturated carbocycles. The number of hydrogen-bond acceptors (Lipinski definition) is 4. The second kappa shape index (κ2) is 9.13. The van der Waals surface area contributed by atoms with E-state index in [0.717, 1.165) is 32.5 Å². The number of urea groups is 1. The molecular weight excluding hydrogens is 376 g/mol. The molecule has 2 heterocycles. The fourth-order valence-electron chi connectivity index (χ4n) is 3.99. The SMILES string of the molecule is CN(C)CCCC1CCN(C(=O)Nc2cccc(N3CCCS3(=O)=O)c2)CC1. The summed E-state index contributed by atoms with van der Waals surface area (Å²) < 4.78 is 25.7. The van der Waals surface area contributed by atoms with Crippen LogP contribution in [-0.4, -0.2) is 70.3 Å². The number of anilines is 2. The number of nitrogens with one attached hydrogen (secondary N) is 1. The smallest absolute Gasteiger partial charge is 0.321 e. The number of likely N-dealkylation sites (tertiary alicyclic amines) is 1. The Kier molecular flexibility index (Phi) is 6.82. The lowest BCUT2D eigenvalue weighted by atomic mass is 9.92. The molecule has 0 atom stereocenters. The van der Waals surface area contributed by atoms with Crippen LogP contribution in [0.1, 0.15) is 32.1 Å². The van der Waals surface area contributed by atoms with Gasteiger partial charge in [0.05, 0.1) is 11.4 Å². The molecule has 0 aliphatic carbocycles. The zero-order chi connectivity index (χ0) is 20.1. The molecule has 0 spiro atoms. The molecular formula is C20H32N4O3S. The fraction of sp³-hybridized carbons (Fsp3) is 0.650. The molecule has 8 heteroatoms. The van der Waals surface area contributed by atoms with Gasteiger partial charge in [-0.2, -0.15) is 0 Å². The summed E-state index contributed by atoms with van der Waals surface area (Å²) in [5.74, 6) is 0.889. The Bertz CT molecular complexity index is 773. The van der Waals surface area contributed by atoms with Crippen molar-refractivity contribution >= 4 is 27.4 Å². The van der Waals surface area contributed by atoms with Gasteiger partial charge in [-0.1, -0.05) is 6.07 Å². The molecule has 7 nitrogen and oxygen atoms in total. The number of hydrogen-bond donors (Lipinski definition) is 1. The van der Waals surface area contributed by atoms with E-state index in [1.54, 1.807) is 24.3 Å². The molecule has 0 aromatic heterocycles. The van der Waals surface area contributed by atoms with Crippen molar-refractivity contribution in [2.45, 2.75) is 32.1 Å². The van der Waals surface area contributed by atoms with Gasteiger partial charge in [-0.05, 0) is 76.9 Å². The number of carbonyl (C=O) groups is 1. The highest BCUT2D eigenvalue weighted by molar-refractivity contribution is 7.93. The van der Waals surface area contributed by atoms with E-state index < -0.39 is 10.0 Å². The molecule has 2 fully saturated rings. The van der Waals surface area contributed by atoms with E-state index in [9.17, 15) is 13.2 Å². The monoisotopic (exact) mass is 408 g/mol. The maximum Gasteiger partial charge on any atom is 0.321 e. The summed E-state index contributed by atoms with van der Waals surface area (Å²) in [6.07, 6.45) is 5.16. The van der Waals surface area contributed by atoms with Crippen LogP contribution in [0, 0.1) is 5.92 Å². The molecule has 1 aromatic carbocycles. The van der Waals surface area contributed by atoms with Gasteiger partial charge >= 0.3 is 6.03 Å². The van der Waals surface area contributed by atoms with E-state index in [0.29, 0.717) is 30.3 Å². The van der Waals surface area contributed by atoms with Gasteiger partial charge in [0.2, 0.25) is 10.0 Å². The fourth-order valence-corrected chi connectivity index (χ4v) is 5.55.